The lowest BCUT2D eigenvalue weighted by Crippen LogP contribution is -2.44. The highest BCUT2D eigenvalue weighted by atomic mass is 32.1. The predicted octanol–water partition coefficient (Wildman–Crippen LogP) is 0.953. The molecule has 1 fully saturated rings. The highest BCUT2D eigenvalue weighted by molar-refractivity contribution is 7.18. The van der Waals surface area contributed by atoms with E-state index in [9.17, 15) is 9.59 Å². The van der Waals surface area contributed by atoms with Gasteiger partial charge in [-0.1, -0.05) is 12.1 Å². The Kier molecular flexibility index (Phi) is 4.54. The van der Waals surface area contributed by atoms with Gasteiger partial charge in [-0.2, -0.15) is 0 Å². The molecule has 26 heavy (non-hydrogen) atoms. The third-order valence-electron chi connectivity index (χ3n) is 5.26. The molecule has 0 aliphatic carbocycles. The number of hydrogen-bond acceptors (Lipinski definition) is 7. The standard InChI is InChI=1S/C17H22N4O4S/c1-3-17(2)8-11-12(10-25-17)26-15-14(11)16(23)21(19-18-15)9-13(22)20-4-6-24-7-5-20/h3-10H2,1-2H3. The molecule has 2 aliphatic heterocycles. The smallest absolute Gasteiger partial charge is 0.279 e. The lowest BCUT2D eigenvalue weighted by Gasteiger charge is -2.32. The summed E-state index contributed by atoms with van der Waals surface area (Å²) in [5.41, 5.74) is 0.494. The second-order valence-electron chi connectivity index (χ2n) is 7.00. The molecule has 140 valence electrons. The van der Waals surface area contributed by atoms with Crippen LogP contribution in [0.25, 0.3) is 10.2 Å². The first-order valence-electron chi connectivity index (χ1n) is 8.88. The summed E-state index contributed by atoms with van der Waals surface area (Å²) in [6.45, 7) is 6.69. The van der Waals surface area contributed by atoms with Crippen molar-refractivity contribution in [3.05, 3.63) is 20.8 Å². The van der Waals surface area contributed by atoms with Crippen molar-refractivity contribution < 1.29 is 14.3 Å². The van der Waals surface area contributed by atoms with Crippen LogP contribution in [-0.2, 0) is 33.8 Å². The van der Waals surface area contributed by atoms with Gasteiger partial charge in [0, 0.05) is 24.4 Å². The van der Waals surface area contributed by atoms with Crippen molar-refractivity contribution in [2.75, 3.05) is 26.3 Å². The van der Waals surface area contributed by atoms with Crippen molar-refractivity contribution in [3.63, 3.8) is 0 Å². The molecular formula is C17H22N4O4S. The predicted molar refractivity (Wildman–Crippen MR) is 96.3 cm³/mol. The molecule has 1 unspecified atom stereocenters. The fourth-order valence-electron chi connectivity index (χ4n) is 3.39. The Balaban J connectivity index is 1.68. The minimum atomic E-state index is -0.273. The SMILES string of the molecule is CCC1(C)Cc2c(sc3nnn(CC(=O)N4CCOCC4)c(=O)c23)CO1. The molecule has 0 radical (unpaired) electrons. The minimum Gasteiger partial charge on any atom is -0.378 e. The summed E-state index contributed by atoms with van der Waals surface area (Å²) >= 11 is 1.46. The zero-order chi connectivity index (χ0) is 18.3. The number of nitrogens with zero attached hydrogens (tertiary/aromatic N) is 4. The molecule has 2 aliphatic rings. The lowest BCUT2D eigenvalue weighted by molar-refractivity contribution is -0.136. The fraction of sp³-hybridized carbons (Fsp3) is 0.647. The molecule has 0 bridgehead atoms. The van der Waals surface area contributed by atoms with Gasteiger partial charge in [-0.15, -0.1) is 16.4 Å². The van der Waals surface area contributed by atoms with E-state index in [0.717, 1.165) is 16.9 Å². The highest BCUT2D eigenvalue weighted by Crippen LogP contribution is 2.37. The van der Waals surface area contributed by atoms with Gasteiger partial charge in [0.1, 0.15) is 6.54 Å². The number of carbonyl (C=O) groups excluding carboxylic acids is 1. The number of thiophene rings is 1. The highest BCUT2D eigenvalue weighted by Gasteiger charge is 2.33. The summed E-state index contributed by atoms with van der Waals surface area (Å²) in [6, 6.07) is 0. The minimum absolute atomic E-state index is 0.0893. The van der Waals surface area contributed by atoms with Gasteiger partial charge in [0.15, 0.2) is 4.83 Å². The first-order valence-corrected chi connectivity index (χ1v) is 9.70. The molecular weight excluding hydrogens is 356 g/mol. The van der Waals surface area contributed by atoms with Crippen molar-refractivity contribution in [3.8, 4) is 0 Å². The number of aromatic nitrogens is 3. The molecule has 0 N–H and O–H groups in total. The number of ether oxygens (including phenoxy) is 2. The Bertz CT molecular complexity index is 902. The van der Waals surface area contributed by atoms with Crippen LogP contribution in [0.15, 0.2) is 4.79 Å². The van der Waals surface area contributed by atoms with Gasteiger partial charge in [0.25, 0.3) is 5.56 Å². The average Bonchev–Trinajstić information content (AvgIpc) is 3.03. The first kappa shape index (κ1) is 17.6. The molecule has 0 saturated carbocycles. The van der Waals surface area contributed by atoms with Gasteiger partial charge >= 0.3 is 0 Å². The number of morpholine rings is 1. The molecule has 1 amide bonds. The maximum absolute atomic E-state index is 13.0. The van der Waals surface area contributed by atoms with Crippen LogP contribution < -0.4 is 5.56 Å². The lowest BCUT2D eigenvalue weighted by atomic mass is 9.90. The van der Waals surface area contributed by atoms with E-state index in [4.69, 9.17) is 9.47 Å². The van der Waals surface area contributed by atoms with Crippen LogP contribution in [0.3, 0.4) is 0 Å². The van der Waals surface area contributed by atoms with Gasteiger partial charge < -0.3 is 14.4 Å². The number of rotatable bonds is 3. The van der Waals surface area contributed by atoms with Crippen LogP contribution in [-0.4, -0.2) is 57.7 Å². The van der Waals surface area contributed by atoms with Crippen LogP contribution >= 0.6 is 11.3 Å². The van der Waals surface area contributed by atoms with Gasteiger partial charge in [0.2, 0.25) is 5.91 Å². The number of carbonyl (C=O) groups is 1. The maximum Gasteiger partial charge on any atom is 0.279 e. The molecule has 4 rings (SSSR count). The van der Waals surface area contributed by atoms with E-state index in [0.29, 0.717) is 49.5 Å². The Labute approximate surface area is 154 Å². The van der Waals surface area contributed by atoms with E-state index in [1.54, 1.807) is 4.90 Å². The summed E-state index contributed by atoms with van der Waals surface area (Å²) in [4.78, 5) is 28.8. The monoisotopic (exact) mass is 378 g/mol. The summed E-state index contributed by atoms with van der Waals surface area (Å²) in [7, 11) is 0. The van der Waals surface area contributed by atoms with Crippen molar-refractivity contribution >= 4 is 27.5 Å². The summed E-state index contributed by atoms with van der Waals surface area (Å²) in [6.07, 6.45) is 1.54. The average molecular weight is 378 g/mol. The summed E-state index contributed by atoms with van der Waals surface area (Å²) in [5, 5.41) is 8.78. The zero-order valence-electron chi connectivity index (χ0n) is 15.0. The van der Waals surface area contributed by atoms with Crippen LogP contribution in [0.1, 0.15) is 30.7 Å². The van der Waals surface area contributed by atoms with Crippen LogP contribution in [0.4, 0.5) is 0 Å². The maximum atomic E-state index is 13.0. The van der Waals surface area contributed by atoms with E-state index in [2.05, 4.69) is 24.2 Å². The molecule has 1 saturated heterocycles. The summed E-state index contributed by atoms with van der Waals surface area (Å²) < 4.78 is 12.4. The van der Waals surface area contributed by atoms with Crippen molar-refractivity contribution in [2.45, 2.75) is 45.4 Å². The van der Waals surface area contributed by atoms with Gasteiger partial charge in [-0.3, -0.25) is 9.59 Å². The summed E-state index contributed by atoms with van der Waals surface area (Å²) in [5.74, 6) is -0.130. The van der Waals surface area contributed by atoms with Gasteiger partial charge in [0.05, 0.1) is 30.8 Å². The third kappa shape index (κ3) is 3.04. The topological polar surface area (TPSA) is 86.5 Å². The van der Waals surface area contributed by atoms with Crippen molar-refractivity contribution in [1.82, 2.24) is 19.9 Å². The molecule has 8 nitrogen and oxygen atoms in total. The Morgan fingerprint density at radius 2 is 2.12 bits per heavy atom. The Hall–Kier alpha value is -1.84. The second kappa shape index (κ2) is 6.71. The number of fused-ring (bicyclic) bond motifs is 3. The van der Waals surface area contributed by atoms with Crippen LogP contribution in [0.2, 0.25) is 0 Å². The molecule has 0 aromatic carbocycles. The normalized spacial score (nSPS) is 23.2. The Morgan fingerprint density at radius 1 is 1.35 bits per heavy atom. The van der Waals surface area contributed by atoms with Gasteiger partial charge in [-0.05, 0) is 18.9 Å². The quantitative estimate of drug-likeness (QED) is 0.791. The number of hydrogen-bond donors (Lipinski definition) is 0. The van der Waals surface area contributed by atoms with E-state index in [-0.39, 0.29) is 23.6 Å². The van der Waals surface area contributed by atoms with E-state index in [1.807, 2.05) is 0 Å². The largest absolute Gasteiger partial charge is 0.378 e. The van der Waals surface area contributed by atoms with Crippen molar-refractivity contribution in [1.29, 1.82) is 0 Å². The fourth-order valence-corrected chi connectivity index (χ4v) is 4.43. The molecule has 2 aromatic heterocycles. The Morgan fingerprint density at radius 3 is 2.85 bits per heavy atom. The molecule has 9 heteroatoms. The molecule has 1 atom stereocenters. The van der Waals surface area contributed by atoms with Crippen LogP contribution in [0, 0.1) is 0 Å². The van der Waals surface area contributed by atoms with E-state index in [1.165, 1.54) is 16.0 Å². The first-order chi connectivity index (χ1) is 12.5. The second-order valence-corrected chi connectivity index (χ2v) is 8.08. The van der Waals surface area contributed by atoms with Crippen molar-refractivity contribution in [2.24, 2.45) is 0 Å². The number of amides is 1. The van der Waals surface area contributed by atoms with E-state index >= 15 is 0 Å². The zero-order valence-corrected chi connectivity index (χ0v) is 15.8. The third-order valence-corrected chi connectivity index (χ3v) is 6.35. The molecule has 4 heterocycles. The molecule has 2 aromatic rings. The van der Waals surface area contributed by atoms with Crippen LogP contribution in [0.5, 0.6) is 0 Å². The van der Waals surface area contributed by atoms with Gasteiger partial charge in [-0.25, -0.2) is 4.68 Å². The van der Waals surface area contributed by atoms with E-state index < -0.39 is 0 Å². The molecule has 0 spiro atoms.